The number of nitrogens with zero attached hydrogens (tertiary/aromatic N) is 2. The van der Waals surface area contributed by atoms with E-state index >= 15 is 0 Å². The zero-order chi connectivity index (χ0) is 30.0. The summed E-state index contributed by atoms with van der Waals surface area (Å²) >= 11 is 0.910. The van der Waals surface area contributed by atoms with Gasteiger partial charge in [0.2, 0.25) is 0 Å². The van der Waals surface area contributed by atoms with Crippen LogP contribution >= 0.6 is 11.3 Å². The maximum absolute atomic E-state index is 13.6. The number of Topliss-reactive ketones (excluding diaryl/α,β-unsaturated/α-hetero) is 1. The van der Waals surface area contributed by atoms with Crippen LogP contribution in [0.3, 0.4) is 0 Å². The number of ketones is 1. The Morgan fingerprint density at radius 2 is 1.90 bits per heavy atom. The summed E-state index contributed by atoms with van der Waals surface area (Å²) in [7, 11) is 1.24. The highest BCUT2D eigenvalue weighted by Crippen LogP contribution is 2.46. The summed E-state index contributed by atoms with van der Waals surface area (Å²) in [6, 6.07) is 8.60. The number of anilines is 1. The first-order chi connectivity index (χ1) is 20.3. The third kappa shape index (κ3) is 5.16. The molecule has 12 heteroatoms. The van der Waals surface area contributed by atoms with Gasteiger partial charge in [-0.2, -0.15) is 0 Å². The Kier molecular flexibility index (Phi) is 8.16. The number of hydrogen-bond donors (Lipinski definition) is 1. The van der Waals surface area contributed by atoms with Gasteiger partial charge in [0.1, 0.15) is 30.5 Å². The predicted molar refractivity (Wildman–Crippen MR) is 154 cm³/mol. The van der Waals surface area contributed by atoms with Crippen LogP contribution in [0.5, 0.6) is 23.0 Å². The van der Waals surface area contributed by atoms with Crippen LogP contribution in [0.4, 0.5) is 5.13 Å². The lowest BCUT2D eigenvalue weighted by Gasteiger charge is -2.24. The van der Waals surface area contributed by atoms with E-state index in [-0.39, 0.29) is 27.8 Å². The second kappa shape index (κ2) is 12.0. The third-order valence-corrected chi connectivity index (χ3v) is 7.70. The van der Waals surface area contributed by atoms with E-state index in [9.17, 15) is 19.5 Å². The number of rotatable bonds is 9. The van der Waals surface area contributed by atoms with Crippen molar-refractivity contribution in [2.24, 2.45) is 0 Å². The molecule has 0 spiro atoms. The summed E-state index contributed by atoms with van der Waals surface area (Å²) < 4.78 is 27.6. The van der Waals surface area contributed by atoms with Gasteiger partial charge < -0.3 is 28.8 Å². The van der Waals surface area contributed by atoms with Gasteiger partial charge >= 0.3 is 11.9 Å². The molecule has 0 radical (unpaired) electrons. The standard InChI is InChI=1S/C30H28N2O9S/c1-5-11-39-19-9-7-17(14-21(19)38-6-2)24-23(25(33)18-8-10-20-22(15-18)41-13-12-40-20)26(34)28(35)32(24)30-31-16(3)27(42-30)29(36)37-4/h5,7-10,14-15,24,33H,1,6,11-13H2,2-4H3/b25-23+. The molecule has 3 heterocycles. The molecule has 1 N–H and O–H groups in total. The van der Waals surface area contributed by atoms with E-state index in [0.29, 0.717) is 54.1 Å². The van der Waals surface area contributed by atoms with Crippen LogP contribution < -0.4 is 23.8 Å². The lowest BCUT2D eigenvalue weighted by Crippen LogP contribution is -2.29. The lowest BCUT2D eigenvalue weighted by atomic mass is 9.95. The molecule has 1 unspecified atom stereocenters. The van der Waals surface area contributed by atoms with E-state index < -0.39 is 29.5 Å². The van der Waals surface area contributed by atoms with E-state index in [4.69, 9.17) is 23.7 Å². The van der Waals surface area contributed by atoms with Crippen molar-refractivity contribution in [3.63, 3.8) is 0 Å². The topological polar surface area (TPSA) is 134 Å². The molecule has 2 aliphatic rings. The van der Waals surface area contributed by atoms with Gasteiger partial charge in [-0.15, -0.1) is 0 Å². The van der Waals surface area contributed by atoms with E-state index in [2.05, 4.69) is 11.6 Å². The minimum Gasteiger partial charge on any atom is -0.507 e. The number of hydrogen-bond acceptors (Lipinski definition) is 11. The number of esters is 1. The first-order valence-electron chi connectivity index (χ1n) is 13.1. The van der Waals surface area contributed by atoms with E-state index in [0.717, 1.165) is 11.3 Å². The second-order valence-corrected chi connectivity index (χ2v) is 10.1. The van der Waals surface area contributed by atoms with Crippen molar-refractivity contribution in [2.75, 3.05) is 38.4 Å². The van der Waals surface area contributed by atoms with E-state index in [1.807, 2.05) is 6.92 Å². The third-order valence-electron chi connectivity index (χ3n) is 6.56. The van der Waals surface area contributed by atoms with Crippen LogP contribution in [0.25, 0.3) is 5.76 Å². The van der Waals surface area contributed by atoms with E-state index in [1.165, 1.54) is 12.0 Å². The number of fused-ring (bicyclic) bond motifs is 1. The number of amides is 1. The number of aryl methyl sites for hydroxylation is 1. The molecule has 1 saturated heterocycles. The molecule has 1 fully saturated rings. The number of thiazole rings is 1. The minimum atomic E-state index is -1.12. The van der Waals surface area contributed by atoms with Gasteiger partial charge in [-0.25, -0.2) is 9.78 Å². The van der Waals surface area contributed by atoms with Crippen molar-refractivity contribution in [3.8, 4) is 23.0 Å². The molecule has 2 aromatic carbocycles. The highest BCUT2D eigenvalue weighted by molar-refractivity contribution is 7.17. The molecular formula is C30H28N2O9S. The van der Waals surface area contributed by atoms with Crippen LogP contribution in [0, 0.1) is 6.92 Å². The van der Waals surface area contributed by atoms with Crippen molar-refractivity contribution < 1.29 is 43.2 Å². The van der Waals surface area contributed by atoms with Crippen LogP contribution in [-0.2, 0) is 14.3 Å². The van der Waals surface area contributed by atoms with Gasteiger partial charge in [0.05, 0.1) is 31.0 Å². The Hall–Kier alpha value is -4.84. The first-order valence-corrected chi connectivity index (χ1v) is 13.9. The van der Waals surface area contributed by atoms with E-state index in [1.54, 1.807) is 49.4 Å². The Balaban J connectivity index is 1.70. The summed E-state index contributed by atoms with van der Waals surface area (Å²) in [5.74, 6) is -1.18. The predicted octanol–water partition coefficient (Wildman–Crippen LogP) is 4.60. The second-order valence-electron chi connectivity index (χ2n) is 9.17. The van der Waals surface area contributed by atoms with Gasteiger partial charge in [-0.05, 0) is 49.7 Å². The zero-order valence-corrected chi connectivity index (χ0v) is 24.0. The highest BCUT2D eigenvalue weighted by atomic mass is 32.1. The number of aliphatic hydroxyl groups is 1. The van der Waals surface area contributed by atoms with Crippen molar-refractivity contribution >= 4 is 39.9 Å². The molecule has 0 bridgehead atoms. The highest BCUT2D eigenvalue weighted by Gasteiger charge is 2.48. The summed E-state index contributed by atoms with van der Waals surface area (Å²) in [6.45, 7) is 8.35. The largest absolute Gasteiger partial charge is 0.507 e. The Labute approximate surface area is 245 Å². The number of aromatic nitrogens is 1. The smallest absolute Gasteiger partial charge is 0.350 e. The van der Waals surface area contributed by atoms with Crippen molar-refractivity contribution in [1.82, 2.24) is 4.98 Å². The number of carbonyl (C=O) groups excluding carboxylic acids is 3. The van der Waals surface area contributed by atoms with Gasteiger partial charge in [0, 0.05) is 5.56 Å². The van der Waals surface area contributed by atoms with Crippen molar-refractivity contribution in [3.05, 3.63) is 76.3 Å². The molecule has 5 rings (SSSR count). The van der Waals surface area contributed by atoms with Crippen LogP contribution in [0.15, 0.2) is 54.6 Å². The number of methoxy groups -OCH3 is 1. The van der Waals surface area contributed by atoms with Crippen LogP contribution in [0.1, 0.15) is 39.5 Å². The maximum atomic E-state index is 13.6. The molecule has 2 aliphatic heterocycles. The van der Waals surface area contributed by atoms with Crippen LogP contribution in [0.2, 0.25) is 0 Å². The molecule has 0 aliphatic carbocycles. The molecule has 42 heavy (non-hydrogen) atoms. The fraction of sp³-hybridized carbons (Fsp3) is 0.267. The van der Waals surface area contributed by atoms with Crippen LogP contribution in [-0.4, -0.2) is 61.3 Å². The lowest BCUT2D eigenvalue weighted by molar-refractivity contribution is -0.132. The minimum absolute atomic E-state index is 0.0890. The molecule has 11 nitrogen and oxygen atoms in total. The average molecular weight is 593 g/mol. The first kappa shape index (κ1) is 28.7. The molecule has 1 atom stereocenters. The molecule has 1 aromatic heterocycles. The molecular weight excluding hydrogens is 564 g/mol. The molecule has 0 saturated carbocycles. The zero-order valence-electron chi connectivity index (χ0n) is 23.2. The average Bonchev–Trinajstić information content (AvgIpc) is 3.51. The van der Waals surface area contributed by atoms with Gasteiger partial charge in [-0.3, -0.25) is 14.5 Å². The molecule has 218 valence electrons. The normalized spacial score (nSPS) is 17.2. The molecule has 1 amide bonds. The Morgan fingerprint density at radius 3 is 2.62 bits per heavy atom. The number of ether oxygens (including phenoxy) is 5. The summed E-state index contributed by atoms with van der Waals surface area (Å²) in [5, 5.41) is 11.7. The van der Waals surface area contributed by atoms with Gasteiger partial charge in [-0.1, -0.05) is 30.1 Å². The fourth-order valence-corrected chi connectivity index (χ4v) is 5.70. The molecule has 3 aromatic rings. The Morgan fingerprint density at radius 1 is 1.14 bits per heavy atom. The van der Waals surface area contributed by atoms with Gasteiger partial charge in [0.25, 0.3) is 5.78 Å². The Bertz CT molecular complexity index is 1610. The maximum Gasteiger partial charge on any atom is 0.350 e. The SMILES string of the molecule is C=CCOc1ccc(C2/C(=C(\O)c3ccc4c(c3)OCCO4)C(=O)C(=O)N2c2nc(C)c(C(=O)OC)s2)cc1OCC. The van der Waals surface area contributed by atoms with Gasteiger partial charge in [0.15, 0.2) is 28.1 Å². The number of aliphatic hydroxyl groups excluding tert-OH is 1. The van der Waals surface area contributed by atoms with Crippen molar-refractivity contribution in [2.45, 2.75) is 19.9 Å². The summed E-state index contributed by atoms with van der Waals surface area (Å²) in [6.07, 6.45) is 1.59. The summed E-state index contributed by atoms with van der Waals surface area (Å²) in [4.78, 5) is 45.4. The fourth-order valence-electron chi connectivity index (χ4n) is 4.69. The summed E-state index contributed by atoms with van der Waals surface area (Å²) in [5.41, 5.74) is 0.850. The van der Waals surface area contributed by atoms with Crippen molar-refractivity contribution in [1.29, 1.82) is 0 Å². The number of carbonyl (C=O) groups is 3. The quantitative estimate of drug-likeness (QED) is 0.124. The number of benzene rings is 2. The monoisotopic (exact) mass is 592 g/mol.